The van der Waals surface area contributed by atoms with Crippen LogP contribution >= 0.6 is 17.0 Å². The van der Waals surface area contributed by atoms with Gasteiger partial charge in [0.05, 0.1) is 0 Å². The standard InChI is InChI=1S/C18H19F2N5O.BrH/c1-18(2)24-16(21)23-17(22)25(18)26-10-11-3-8-15(20)14(9-11)12-4-6-13(19)7-5-12;/h3-9H,10H2,1-2H3,(H4,21,22,23,24);1H. The lowest BCUT2D eigenvalue weighted by Gasteiger charge is -2.36. The Morgan fingerprint density at radius 2 is 1.74 bits per heavy atom. The maximum absolute atomic E-state index is 14.2. The average molecular weight is 440 g/mol. The molecule has 4 N–H and O–H groups in total. The lowest BCUT2D eigenvalue weighted by atomic mass is 10.0. The van der Waals surface area contributed by atoms with Crippen LogP contribution in [-0.4, -0.2) is 22.6 Å². The number of hydrogen-bond donors (Lipinski definition) is 2. The molecule has 0 spiro atoms. The van der Waals surface area contributed by atoms with Crippen molar-refractivity contribution in [3.63, 3.8) is 0 Å². The van der Waals surface area contributed by atoms with Crippen molar-refractivity contribution in [3.8, 4) is 11.1 Å². The van der Waals surface area contributed by atoms with Gasteiger partial charge < -0.3 is 11.5 Å². The minimum Gasteiger partial charge on any atom is -0.368 e. The molecule has 0 bridgehead atoms. The molecule has 0 radical (unpaired) electrons. The van der Waals surface area contributed by atoms with Gasteiger partial charge in [-0.25, -0.2) is 13.8 Å². The third-order valence-electron chi connectivity index (χ3n) is 3.87. The van der Waals surface area contributed by atoms with Gasteiger partial charge in [0.2, 0.25) is 11.9 Å². The first kappa shape index (κ1) is 20.8. The zero-order valence-electron chi connectivity index (χ0n) is 14.8. The Kier molecular flexibility index (Phi) is 6.17. The fraction of sp³-hybridized carbons (Fsp3) is 0.222. The highest BCUT2D eigenvalue weighted by atomic mass is 79.9. The number of hydroxylamine groups is 2. The number of halogens is 3. The maximum atomic E-state index is 14.2. The molecule has 27 heavy (non-hydrogen) atoms. The van der Waals surface area contributed by atoms with Gasteiger partial charge in [-0.2, -0.15) is 10.1 Å². The second-order valence-electron chi connectivity index (χ2n) is 6.32. The van der Waals surface area contributed by atoms with Crippen molar-refractivity contribution >= 4 is 28.9 Å². The molecule has 1 heterocycles. The van der Waals surface area contributed by atoms with E-state index in [9.17, 15) is 8.78 Å². The minimum absolute atomic E-state index is 0. The molecular weight excluding hydrogens is 420 g/mol. The van der Waals surface area contributed by atoms with Gasteiger partial charge in [0.1, 0.15) is 18.2 Å². The fourth-order valence-corrected chi connectivity index (χ4v) is 2.67. The summed E-state index contributed by atoms with van der Waals surface area (Å²) in [5.74, 6) is -0.622. The smallest absolute Gasteiger partial charge is 0.226 e. The Morgan fingerprint density at radius 1 is 1.07 bits per heavy atom. The molecule has 0 fully saturated rings. The predicted octanol–water partition coefficient (Wildman–Crippen LogP) is 3.32. The average Bonchev–Trinajstić information content (AvgIpc) is 2.55. The van der Waals surface area contributed by atoms with Gasteiger partial charge >= 0.3 is 0 Å². The van der Waals surface area contributed by atoms with E-state index in [2.05, 4.69) is 9.98 Å². The molecular formula is C18H20BrF2N5O. The highest BCUT2D eigenvalue weighted by molar-refractivity contribution is 8.93. The second-order valence-corrected chi connectivity index (χ2v) is 6.32. The number of rotatable bonds is 4. The predicted molar refractivity (Wildman–Crippen MR) is 106 cm³/mol. The van der Waals surface area contributed by atoms with E-state index in [0.717, 1.165) is 0 Å². The van der Waals surface area contributed by atoms with Gasteiger partial charge in [-0.3, -0.25) is 4.84 Å². The topological polar surface area (TPSA) is 89.2 Å². The van der Waals surface area contributed by atoms with Crippen molar-refractivity contribution in [2.75, 3.05) is 0 Å². The summed E-state index contributed by atoms with van der Waals surface area (Å²) in [5, 5.41) is 1.35. The first-order chi connectivity index (χ1) is 12.3. The van der Waals surface area contributed by atoms with E-state index in [1.807, 2.05) is 0 Å². The summed E-state index contributed by atoms with van der Waals surface area (Å²) >= 11 is 0. The Morgan fingerprint density at radius 3 is 2.37 bits per heavy atom. The summed E-state index contributed by atoms with van der Waals surface area (Å²) in [6.07, 6.45) is 0. The molecule has 2 aromatic rings. The zero-order chi connectivity index (χ0) is 18.9. The number of nitrogens with zero attached hydrogens (tertiary/aromatic N) is 3. The zero-order valence-corrected chi connectivity index (χ0v) is 16.5. The van der Waals surface area contributed by atoms with Crippen LogP contribution in [0.3, 0.4) is 0 Å². The summed E-state index contributed by atoms with van der Waals surface area (Å²) in [6, 6.07) is 10.2. The minimum atomic E-state index is -0.824. The van der Waals surface area contributed by atoms with Crippen LogP contribution in [0.2, 0.25) is 0 Å². The van der Waals surface area contributed by atoms with Crippen LogP contribution in [0.15, 0.2) is 52.4 Å². The SMILES string of the molecule is Br.CC1(C)N=C(N)N=C(N)N1OCc1ccc(F)c(-c2ccc(F)cc2)c1. The molecule has 144 valence electrons. The van der Waals surface area contributed by atoms with Crippen molar-refractivity contribution in [2.45, 2.75) is 26.1 Å². The molecule has 0 atom stereocenters. The molecule has 0 saturated heterocycles. The summed E-state index contributed by atoms with van der Waals surface area (Å²) in [6.45, 7) is 3.66. The maximum Gasteiger partial charge on any atom is 0.226 e. The molecule has 9 heteroatoms. The number of guanidine groups is 2. The van der Waals surface area contributed by atoms with Crippen molar-refractivity contribution < 1.29 is 13.6 Å². The molecule has 0 saturated carbocycles. The number of hydrogen-bond acceptors (Lipinski definition) is 6. The van der Waals surface area contributed by atoms with E-state index in [1.165, 1.54) is 35.4 Å². The van der Waals surface area contributed by atoms with Gasteiger partial charge in [0.25, 0.3) is 0 Å². The third-order valence-corrected chi connectivity index (χ3v) is 3.87. The van der Waals surface area contributed by atoms with E-state index >= 15 is 0 Å². The molecule has 0 aliphatic carbocycles. The highest BCUT2D eigenvalue weighted by Gasteiger charge is 2.33. The highest BCUT2D eigenvalue weighted by Crippen LogP contribution is 2.26. The first-order valence-corrected chi connectivity index (χ1v) is 7.93. The molecule has 2 aromatic carbocycles. The van der Waals surface area contributed by atoms with Crippen LogP contribution < -0.4 is 11.5 Å². The van der Waals surface area contributed by atoms with Gasteiger partial charge in [-0.15, -0.1) is 17.0 Å². The summed E-state index contributed by atoms with van der Waals surface area (Å²) in [7, 11) is 0. The van der Waals surface area contributed by atoms with Crippen LogP contribution in [0.4, 0.5) is 8.78 Å². The lowest BCUT2D eigenvalue weighted by molar-refractivity contribution is -0.166. The van der Waals surface area contributed by atoms with Crippen molar-refractivity contribution in [3.05, 3.63) is 59.7 Å². The molecule has 0 amide bonds. The molecule has 1 aliphatic heterocycles. The van der Waals surface area contributed by atoms with E-state index in [0.29, 0.717) is 16.7 Å². The van der Waals surface area contributed by atoms with Gasteiger partial charge in [-0.05, 0) is 49.2 Å². The summed E-state index contributed by atoms with van der Waals surface area (Å²) in [5.41, 5.74) is 12.3. The van der Waals surface area contributed by atoms with Crippen LogP contribution in [0.1, 0.15) is 19.4 Å². The Balaban J connectivity index is 0.00000261. The normalized spacial score (nSPS) is 15.6. The lowest BCUT2D eigenvalue weighted by Crippen LogP contribution is -2.53. The molecule has 1 aliphatic rings. The first-order valence-electron chi connectivity index (χ1n) is 7.93. The largest absolute Gasteiger partial charge is 0.368 e. The second kappa shape index (κ2) is 8.01. The van der Waals surface area contributed by atoms with Crippen LogP contribution in [0.25, 0.3) is 11.1 Å². The quantitative estimate of drug-likeness (QED) is 0.764. The molecule has 6 nitrogen and oxygen atoms in total. The van der Waals surface area contributed by atoms with Crippen LogP contribution in [0, 0.1) is 11.6 Å². The van der Waals surface area contributed by atoms with E-state index < -0.39 is 11.5 Å². The monoisotopic (exact) mass is 439 g/mol. The summed E-state index contributed by atoms with van der Waals surface area (Å²) < 4.78 is 27.2. The summed E-state index contributed by atoms with van der Waals surface area (Å²) in [4.78, 5) is 13.8. The van der Waals surface area contributed by atoms with Crippen LogP contribution in [-0.2, 0) is 11.4 Å². The van der Waals surface area contributed by atoms with Crippen molar-refractivity contribution in [1.29, 1.82) is 0 Å². The van der Waals surface area contributed by atoms with Crippen molar-refractivity contribution in [1.82, 2.24) is 5.06 Å². The van der Waals surface area contributed by atoms with Gasteiger partial charge in [-0.1, -0.05) is 18.2 Å². The van der Waals surface area contributed by atoms with E-state index in [-0.39, 0.29) is 41.3 Å². The van der Waals surface area contributed by atoms with E-state index in [1.54, 1.807) is 26.0 Å². The Bertz CT molecular complexity index is 884. The Labute approximate surface area is 166 Å². The number of nitrogens with two attached hydrogens (primary N) is 2. The van der Waals surface area contributed by atoms with Crippen molar-refractivity contribution in [2.24, 2.45) is 21.5 Å². The van der Waals surface area contributed by atoms with Crippen LogP contribution in [0.5, 0.6) is 0 Å². The van der Waals surface area contributed by atoms with E-state index in [4.69, 9.17) is 16.3 Å². The number of aliphatic imine (C=N–C) groups is 2. The van der Waals surface area contributed by atoms with Gasteiger partial charge in [0.15, 0.2) is 5.66 Å². The fourth-order valence-electron chi connectivity index (χ4n) is 2.67. The number of benzene rings is 2. The van der Waals surface area contributed by atoms with Gasteiger partial charge in [0, 0.05) is 5.56 Å². The Hall–Kier alpha value is -2.52. The molecule has 3 rings (SSSR count). The third kappa shape index (κ3) is 4.61. The molecule has 0 aromatic heterocycles. The molecule has 0 unspecified atom stereocenters.